The summed E-state index contributed by atoms with van der Waals surface area (Å²) in [7, 11) is 0. The summed E-state index contributed by atoms with van der Waals surface area (Å²) in [5.74, 6) is 0.0109. The van der Waals surface area contributed by atoms with Gasteiger partial charge in [-0.3, -0.25) is 9.48 Å². The van der Waals surface area contributed by atoms with Gasteiger partial charge in [-0.15, -0.1) is 0 Å². The van der Waals surface area contributed by atoms with Crippen molar-refractivity contribution in [2.24, 2.45) is 0 Å². The third-order valence-corrected chi connectivity index (χ3v) is 5.16. The molecular formula is C19H25N5O3. The van der Waals surface area contributed by atoms with Gasteiger partial charge < -0.3 is 14.4 Å². The van der Waals surface area contributed by atoms with Crippen molar-refractivity contribution in [2.75, 3.05) is 19.7 Å². The van der Waals surface area contributed by atoms with Crippen LogP contribution in [0.2, 0.25) is 0 Å². The van der Waals surface area contributed by atoms with E-state index in [9.17, 15) is 4.79 Å². The van der Waals surface area contributed by atoms with Crippen LogP contribution in [-0.4, -0.2) is 62.0 Å². The maximum absolute atomic E-state index is 12.8. The summed E-state index contributed by atoms with van der Waals surface area (Å²) in [6.07, 6.45) is 3.24. The molecule has 1 amide bonds. The van der Waals surface area contributed by atoms with E-state index in [0.717, 1.165) is 24.2 Å². The van der Waals surface area contributed by atoms with Gasteiger partial charge in [0.15, 0.2) is 0 Å². The topological polar surface area (TPSA) is 82.4 Å². The largest absolute Gasteiger partial charge is 0.460 e. The van der Waals surface area contributed by atoms with Gasteiger partial charge in [0.1, 0.15) is 17.4 Å². The molecule has 2 saturated heterocycles. The van der Waals surface area contributed by atoms with Crippen molar-refractivity contribution in [2.45, 2.75) is 51.9 Å². The van der Waals surface area contributed by atoms with Crippen LogP contribution in [0.4, 0.5) is 0 Å². The van der Waals surface area contributed by atoms with E-state index in [1.165, 1.54) is 0 Å². The number of nitrogens with zero attached hydrogens (tertiary/aromatic N) is 5. The number of aryl methyl sites for hydroxylation is 3. The molecule has 1 unspecified atom stereocenters. The third kappa shape index (κ3) is 3.53. The maximum Gasteiger partial charge on any atom is 0.316 e. The molecule has 2 aromatic rings. The monoisotopic (exact) mass is 371 g/mol. The van der Waals surface area contributed by atoms with Gasteiger partial charge >= 0.3 is 6.01 Å². The molecule has 0 bridgehead atoms. The Labute approximate surface area is 158 Å². The highest BCUT2D eigenvalue weighted by Gasteiger charge is 2.50. The van der Waals surface area contributed by atoms with Gasteiger partial charge in [-0.05, 0) is 32.9 Å². The molecule has 0 N–H and O–H groups in total. The summed E-state index contributed by atoms with van der Waals surface area (Å²) in [6, 6.07) is 4.10. The van der Waals surface area contributed by atoms with Crippen molar-refractivity contribution in [3.05, 3.63) is 35.4 Å². The van der Waals surface area contributed by atoms with E-state index in [0.29, 0.717) is 37.9 Å². The molecule has 2 aliphatic heterocycles. The number of hydrogen-bond acceptors (Lipinski definition) is 6. The first kappa shape index (κ1) is 17.9. The minimum Gasteiger partial charge on any atom is -0.460 e. The Morgan fingerprint density at radius 3 is 2.93 bits per heavy atom. The van der Waals surface area contributed by atoms with Gasteiger partial charge in [0.05, 0.1) is 25.4 Å². The van der Waals surface area contributed by atoms with Crippen molar-refractivity contribution < 1.29 is 14.3 Å². The summed E-state index contributed by atoms with van der Waals surface area (Å²) in [4.78, 5) is 23.1. The van der Waals surface area contributed by atoms with Crippen LogP contribution in [0.15, 0.2) is 18.3 Å². The Balaban J connectivity index is 1.39. The summed E-state index contributed by atoms with van der Waals surface area (Å²) in [5, 5.41) is 4.37. The number of ether oxygens (including phenoxy) is 2. The van der Waals surface area contributed by atoms with Gasteiger partial charge in [-0.1, -0.05) is 0 Å². The highest BCUT2D eigenvalue weighted by atomic mass is 16.5. The number of amides is 1. The van der Waals surface area contributed by atoms with Crippen LogP contribution in [0.1, 0.15) is 41.6 Å². The lowest BCUT2D eigenvalue weighted by Gasteiger charge is -2.52. The van der Waals surface area contributed by atoms with Gasteiger partial charge in [-0.2, -0.15) is 5.10 Å². The maximum atomic E-state index is 12.8. The van der Waals surface area contributed by atoms with Crippen LogP contribution in [0, 0.1) is 13.8 Å². The van der Waals surface area contributed by atoms with Crippen LogP contribution >= 0.6 is 0 Å². The standard InChI is InChI=1S/C19H25N5O3/c1-4-24-16(9-14(3)22-24)17(25)23-11-19(12-23)10-15(6-8-26-19)27-18-20-7-5-13(2)21-18/h5,7,9,15H,4,6,8,10-12H2,1-3H3. The number of hydrogen-bond donors (Lipinski definition) is 0. The molecule has 1 spiro atoms. The Morgan fingerprint density at radius 2 is 2.19 bits per heavy atom. The van der Waals surface area contributed by atoms with Gasteiger partial charge in [0.25, 0.3) is 5.91 Å². The number of carbonyl (C=O) groups is 1. The lowest BCUT2D eigenvalue weighted by molar-refractivity contribution is -0.174. The summed E-state index contributed by atoms with van der Waals surface area (Å²) in [6.45, 7) is 8.25. The SMILES string of the molecule is CCn1nc(C)cc1C(=O)N1CC2(CC(Oc3nccc(C)n3)CCO2)C1. The Hall–Kier alpha value is -2.48. The summed E-state index contributed by atoms with van der Waals surface area (Å²) >= 11 is 0. The lowest BCUT2D eigenvalue weighted by Crippen LogP contribution is -2.67. The second-order valence-electron chi connectivity index (χ2n) is 7.39. The molecule has 2 fully saturated rings. The molecule has 2 aliphatic rings. The molecule has 0 aliphatic carbocycles. The number of aromatic nitrogens is 4. The zero-order valence-corrected chi connectivity index (χ0v) is 16.0. The van der Waals surface area contributed by atoms with Gasteiger partial charge in [-0.25, -0.2) is 9.97 Å². The number of carbonyl (C=O) groups excluding carboxylic acids is 1. The zero-order chi connectivity index (χ0) is 19.0. The van der Waals surface area contributed by atoms with Gasteiger partial charge in [0, 0.05) is 31.3 Å². The van der Waals surface area contributed by atoms with Crippen molar-refractivity contribution in [1.82, 2.24) is 24.6 Å². The van der Waals surface area contributed by atoms with Crippen molar-refractivity contribution >= 4 is 5.91 Å². The molecule has 8 nitrogen and oxygen atoms in total. The zero-order valence-electron chi connectivity index (χ0n) is 16.0. The minimum absolute atomic E-state index is 0.00113. The van der Waals surface area contributed by atoms with E-state index < -0.39 is 0 Å². The predicted molar refractivity (Wildman–Crippen MR) is 97.6 cm³/mol. The molecule has 2 aromatic heterocycles. The number of rotatable bonds is 4. The van der Waals surface area contributed by atoms with Crippen LogP contribution in [0.3, 0.4) is 0 Å². The highest BCUT2D eigenvalue weighted by molar-refractivity contribution is 5.93. The van der Waals surface area contributed by atoms with E-state index in [1.54, 1.807) is 10.9 Å². The van der Waals surface area contributed by atoms with E-state index >= 15 is 0 Å². The molecule has 4 rings (SSSR count). The minimum atomic E-state index is -0.325. The first-order valence-electron chi connectivity index (χ1n) is 9.42. The fourth-order valence-corrected chi connectivity index (χ4v) is 3.85. The molecule has 8 heteroatoms. The molecule has 27 heavy (non-hydrogen) atoms. The van der Waals surface area contributed by atoms with Crippen molar-refractivity contribution in [3.63, 3.8) is 0 Å². The smallest absolute Gasteiger partial charge is 0.316 e. The molecule has 144 valence electrons. The highest BCUT2D eigenvalue weighted by Crippen LogP contribution is 2.36. The Morgan fingerprint density at radius 1 is 1.37 bits per heavy atom. The third-order valence-electron chi connectivity index (χ3n) is 5.16. The first-order chi connectivity index (χ1) is 13.0. The number of likely N-dealkylation sites (tertiary alicyclic amines) is 1. The predicted octanol–water partition coefficient (Wildman–Crippen LogP) is 1.76. The van der Waals surface area contributed by atoms with E-state index in [-0.39, 0.29) is 17.6 Å². The van der Waals surface area contributed by atoms with E-state index in [2.05, 4.69) is 15.1 Å². The van der Waals surface area contributed by atoms with Crippen LogP contribution < -0.4 is 4.74 Å². The Bertz CT molecular complexity index is 844. The second kappa shape index (κ2) is 6.92. The molecular weight excluding hydrogens is 346 g/mol. The van der Waals surface area contributed by atoms with Crippen molar-refractivity contribution in [3.8, 4) is 6.01 Å². The quantitative estimate of drug-likeness (QED) is 0.815. The Kier molecular flexibility index (Phi) is 4.59. The second-order valence-corrected chi connectivity index (χ2v) is 7.39. The molecule has 1 atom stereocenters. The van der Waals surface area contributed by atoms with Crippen LogP contribution in [-0.2, 0) is 11.3 Å². The lowest BCUT2D eigenvalue weighted by atomic mass is 9.84. The average Bonchev–Trinajstić information content (AvgIpc) is 3.00. The normalized spacial score (nSPS) is 21.1. The average molecular weight is 371 g/mol. The fourth-order valence-electron chi connectivity index (χ4n) is 3.85. The molecule has 0 saturated carbocycles. The van der Waals surface area contributed by atoms with Gasteiger partial charge in [0.2, 0.25) is 0 Å². The van der Waals surface area contributed by atoms with E-state index in [4.69, 9.17) is 9.47 Å². The molecule has 4 heterocycles. The van der Waals surface area contributed by atoms with Crippen molar-refractivity contribution in [1.29, 1.82) is 0 Å². The fraction of sp³-hybridized carbons (Fsp3) is 0.579. The van der Waals surface area contributed by atoms with E-state index in [1.807, 2.05) is 37.8 Å². The van der Waals surface area contributed by atoms with Crippen LogP contribution in [0.5, 0.6) is 6.01 Å². The summed E-state index contributed by atoms with van der Waals surface area (Å²) in [5.41, 5.74) is 2.05. The molecule has 0 radical (unpaired) electrons. The van der Waals surface area contributed by atoms with Crippen LogP contribution in [0.25, 0.3) is 0 Å². The molecule has 0 aromatic carbocycles. The summed E-state index contributed by atoms with van der Waals surface area (Å²) < 4.78 is 13.8. The first-order valence-corrected chi connectivity index (χ1v) is 9.42.